The van der Waals surface area contributed by atoms with Crippen LogP contribution in [0.3, 0.4) is 0 Å². The average molecular weight is 243 g/mol. The number of hydrogen-bond donors (Lipinski definition) is 2. The van der Waals surface area contributed by atoms with E-state index in [0.29, 0.717) is 5.69 Å². The largest absolute Gasteiger partial charge is 0.496 e. The van der Waals surface area contributed by atoms with Crippen LogP contribution >= 0.6 is 0 Å². The summed E-state index contributed by atoms with van der Waals surface area (Å²) in [7, 11) is 1.63. The molecule has 0 unspecified atom stereocenters. The summed E-state index contributed by atoms with van der Waals surface area (Å²) in [5.41, 5.74) is 9.20. The second-order valence-electron chi connectivity index (χ2n) is 4.21. The molecular formula is C13H13N3O2. The van der Waals surface area contributed by atoms with Crippen molar-refractivity contribution in [2.24, 2.45) is 0 Å². The van der Waals surface area contributed by atoms with E-state index < -0.39 is 0 Å². The number of nitrogens with one attached hydrogen (secondary N) is 1. The Bertz CT molecular complexity index is 712. The van der Waals surface area contributed by atoms with E-state index in [9.17, 15) is 0 Å². The van der Waals surface area contributed by atoms with Crippen LogP contribution < -0.4 is 10.5 Å². The molecule has 0 aliphatic heterocycles. The third kappa shape index (κ3) is 1.60. The Morgan fingerprint density at radius 1 is 1.28 bits per heavy atom. The molecule has 3 N–H and O–H groups in total. The number of fused-ring (bicyclic) bond motifs is 1. The van der Waals surface area contributed by atoms with Gasteiger partial charge in [0.15, 0.2) is 0 Å². The van der Waals surface area contributed by atoms with Crippen molar-refractivity contribution in [3.8, 4) is 17.0 Å². The molecule has 3 aromatic rings. The van der Waals surface area contributed by atoms with Crippen LogP contribution in [0, 0.1) is 6.92 Å². The van der Waals surface area contributed by atoms with Gasteiger partial charge in [-0.15, -0.1) is 0 Å². The van der Waals surface area contributed by atoms with Crippen LogP contribution in [0.4, 0.5) is 5.88 Å². The molecule has 0 amide bonds. The summed E-state index contributed by atoms with van der Waals surface area (Å²) in [5, 5.41) is 5.02. The van der Waals surface area contributed by atoms with Gasteiger partial charge in [0.05, 0.1) is 7.11 Å². The van der Waals surface area contributed by atoms with Crippen molar-refractivity contribution < 1.29 is 9.26 Å². The van der Waals surface area contributed by atoms with Crippen molar-refractivity contribution >= 4 is 16.8 Å². The van der Waals surface area contributed by atoms with Gasteiger partial charge in [-0.2, -0.15) is 0 Å². The van der Waals surface area contributed by atoms with E-state index in [1.54, 1.807) is 13.2 Å². The highest BCUT2D eigenvalue weighted by Crippen LogP contribution is 2.34. The lowest BCUT2D eigenvalue weighted by molar-refractivity contribution is 0.414. The van der Waals surface area contributed by atoms with Crippen molar-refractivity contribution in [2.75, 3.05) is 12.8 Å². The number of nitrogen functional groups attached to an aromatic ring is 1. The lowest BCUT2D eigenvalue weighted by Crippen LogP contribution is -1.88. The number of benzene rings is 1. The van der Waals surface area contributed by atoms with Crippen LogP contribution in [0.2, 0.25) is 0 Å². The van der Waals surface area contributed by atoms with Crippen LogP contribution in [0.15, 0.2) is 28.8 Å². The van der Waals surface area contributed by atoms with E-state index >= 15 is 0 Å². The maximum Gasteiger partial charge on any atom is 0.222 e. The molecule has 5 nitrogen and oxygen atoms in total. The summed E-state index contributed by atoms with van der Waals surface area (Å²) >= 11 is 0. The predicted molar refractivity (Wildman–Crippen MR) is 69.5 cm³/mol. The van der Waals surface area contributed by atoms with Gasteiger partial charge in [-0.3, -0.25) is 0 Å². The Kier molecular flexibility index (Phi) is 2.26. The van der Waals surface area contributed by atoms with Crippen molar-refractivity contribution in [1.82, 2.24) is 10.1 Å². The molecule has 0 aliphatic rings. The summed E-state index contributed by atoms with van der Waals surface area (Å²) in [4.78, 5) is 3.28. The third-order valence-corrected chi connectivity index (χ3v) is 2.88. The Labute approximate surface area is 104 Å². The van der Waals surface area contributed by atoms with Crippen LogP contribution in [-0.4, -0.2) is 17.3 Å². The smallest absolute Gasteiger partial charge is 0.222 e. The molecule has 0 fully saturated rings. The Balaban J connectivity index is 2.26. The van der Waals surface area contributed by atoms with E-state index in [1.165, 1.54) is 0 Å². The maximum absolute atomic E-state index is 5.55. The number of aryl methyl sites for hydroxylation is 1. The minimum Gasteiger partial charge on any atom is -0.496 e. The molecule has 18 heavy (non-hydrogen) atoms. The average Bonchev–Trinajstić information content (AvgIpc) is 2.91. The fourth-order valence-electron chi connectivity index (χ4n) is 2.09. The fourth-order valence-corrected chi connectivity index (χ4v) is 2.09. The number of nitrogens with two attached hydrogens (primary N) is 1. The Morgan fingerprint density at radius 3 is 2.78 bits per heavy atom. The van der Waals surface area contributed by atoms with E-state index in [0.717, 1.165) is 27.9 Å². The summed E-state index contributed by atoms with van der Waals surface area (Å²) < 4.78 is 10.3. The van der Waals surface area contributed by atoms with Crippen LogP contribution in [-0.2, 0) is 0 Å². The maximum atomic E-state index is 5.55. The van der Waals surface area contributed by atoms with Crippen molar-refractivity contribution in [3.63, 3.8) is 0 Å². The number of H-pyrrole nitrogens is 1. The summed E-state index contributed by atoms with van der Waals surface area (Å²) in [6, 6.07) is 7.70. The van der Waals surface area contributed by atoms with Gasteiger partial charge in [-0.05, 0) is 25.1 Å². The molecule has 0 saturated carbocycles. The van der Waals surface area contributed by atoms with Gasteiger partial charge in [0.2, 0.25) is 5.88 Å². The molecule has 0 saturated heterocycles. The van der Waals surface area contributed by atoms with Crippen LogP contribution in [0.1, 0.15) is 5.69 Å². The summed E-state index contributed by atoms with van der Waals surface area (Å²) in [6.45, 7) is 2.01. The van der Waals surface area contributed by atoms with E-state index in [1.807, 2.05) is 19.1 Å². The minimum atomic E-state index is 0.287. The van der Waals surface area contributed by atoms with Crippen molar-refractivity contribution in [1.29, 1.82) is 0 Å². The molecule has 2 heterocycles. The van der Waals surface area contributed by atoms with Gasteiger partial charge >= 0.3 is 0 Å². The quantitative estimate of drug-likeness (QED) is 0.725. The molecule has 0 spiro atoms. The molecule has 92 valence electrons. The second kappa shape index (κ2) is 3.80. The number of ether oxygens (including phenoxy) is 1. The molecule has 3 rings (SSSR count). The highest BCUT2D eigenvalue weighted by molar-refractivity contribution is 5.88. The Hall–Kier alpha value is -2.43. The fraction of sp³-hybridized carbons (Fsp3) is 0.154. The van der Waals surface area contributed by atoms with Gasteiger partial charge < -0.3 is 20.0 Å². The zero-order valence-electron chi connectivity index (χ0n) is 10.2. The number of methoxy groups -OCH3 is 1. The zero-order chi connectivity index (χ0) is 12.7. The zero-order valence-corrected chi connectivity index (χ0v) is 10.2. The number of rotatable bonds is 2. The lowest BCUT2D eigenvalue weighted by atomic mass is 10.1. The Morgan fingerprint density at radius 2 is 2.11 bits per heavy atom. The summed E-state index contributed by atoms with van der Waals surface area (Å²) in [5.74, 6) is 1.03. The number of hydrogen-bond acceptors (Lipinski definition) is 4. The summed E-state index contributed by atoms with van der Waals surface area (Å²) in [6.07, 6.45) is 0. The van der Waals surface area contributed by atoms with Crippen molar-refractivity contribution in [3.05, 3.63) is 30.0 Å². The van der Waals surface area contributed by atoms with Gasteiger partial charge in [-0.25, -0.2) is 0 Å². The predicted octanol–water partition coefficient (Wildman–Crippen LogP) is 2.72. The normalized spacial score (nSPS) is 11.0. The first-order valence-corrected chi connectivity index (χ1v) is 5.57. The number of aromatic nitrogens is 2. The molecule has 0 bridgehead atoms. The van der Waals surface area contributed by atoms with Gasteiger partial charge in [-0.1, -0.05) is 5.16 Å². The van der Waals surface area contributed by atoms with Gasteiger partial charge in [0, 0.05) is 28.2 Å². The number of aromatic amines is 1. The number of nitrogens with zero attached hydrogens (tertiary/aromatic N) is 1. The first kappa shape index (κ1) is 10.7. The van der Waals surface area contributed by atoms with Crippen molar-refractivity contribution in [2.45, 2.75) is 6.92 Å². The molecule has 5 heteroatoms. The SMILES string of the molecule is COc1cc2cc(C)[nH]c2cc1-c1cc(N)on1. The first-order chi connectivity index (χ1) is 8.67. The highest BCUT2D eigenvalue weighted by atomic mass is 16.5. The monoisotopic (exact) mass is 243 g/mol. The van der Waals surface area contributed by atoms with E-state index in [-0.39, 0.29) is 5.88 Å². The highest BCUT2D eigenvalue weighted by Gasteiger charge is 2.13. The van der Waals surface area contributed by atoms with Gasteiger partial charge in [0.25, 0.3) is 0 Å². The molecule has 2 aromatic heterocycles. The molecule has 0 radical (unpaired) electrons. The molecule has 0 aliphatic carbocycles. The second-order valence-corrected chi connectivity index (χ2v) is 4.21. The third-order valence-electron chi connectivity index (χ3n) is 2.88. The molecule has 0 atom stereocenters. The topological polar surface area (TPSA) is 77.1 Å². The molecule has 1 aromatic carbocycles. The first-order valence-electron chi connectivity index (χ1n) is 5.57. The minimum absolute atomic E-state index is 0.287. The standard InChI is InChI=1S/C13H13N3O2/c1-7-3-8-4-12(17-2)9(5-10(8)15-7)11-6-13(14)18-16-11/h3-6,15H,14H2,1-2H3. The van der Waals surface area contributed by atoms with Gasteiger partial charge in [0.1, 0.15) is 11.4 Å². The van der Waals surface area contributed by atoms with E-state index in [2.05, 4.69) is 16.2 Å². The number of anilines is 1. The molecular weight excluding hydrogens is 230 g/mol. The lowest BCUT2D eigenvalue weighted by Gasteiger charge is -2.05. The van der Waals surface area contributed by atoms with Crippen LogP contribution in [0.5, 0.6) is 5.75 Å². The van der Waals surface area contributed by atoms with Crippen LogP contribution in [0.25, 0.3) is 22.2 Å². The van der Waals surface area contributed by atoms with E-state index in [4.69, 9.17) is 15.0 Å².